The number of rotatable bonds is 22. The van der Waals surface area contributed by atoms with Crippen molar-refractivity contribution in [3.8, 4) is 0 Å². The third-order valence-electron chi connectivity index (χ3n) is 7.15. The maximum Gasteiger partial charge on any atom is 1.00 e. The SMILES string of the molecule is CC(C)[O][Al-]1[O][C@@H](CCCCCCCCOCc2ccccc2)[C@@H](CCCCCCOCc2ccccc2)[O]1.[Li+]. The molecule has 2 atom stereocenters. The molecule has 1 heterocycles. The molecule has 40 heavy (non-hydrogen) atoms. The molecule has 1 aliphatic heterocycles. The second-order valence-electron chi connectivity index (χ2n) is 11.0. The zero-order chi connectivity index (χ0) is 27.4. The molecule has 0 saturated carbocycles. The van der Waals surface area contributed by atoms with Crippen molar-refractivity contribution in [3.63, 3.8) is 0 Å². The van der Waals surface area contributed by atoms with E-state index in [2.05, 4.69) is 62.4 Å². The summed E-state index contributed by atoms with van der Waals surface area (Å²) in [5, 5.41) is 0. The summed E-state index contributed by atoms with van der Waals surface area (Å²) in [7, 11) is 0. The number of benzene rings is 2. The molecule has 0 aromatic heterocycles. The quantitative estimate of drug-likeness (QED) is 0.144. The molecule has 0 spiro atoms. The predicted octanol–water partition coefficient (Wildman–Crippen LogP) is 5.30. The summed E-state index contributed by atoms with van der Waals surface area (Å²) in [6, 6.07) is 20.8. The van der Waals surface area contributed by atoms with Crippen LogP contribution in [0.15, 0.2) is 60.7 Å². The fourth-order valence-corrected chi connectivity index (χ4v) is 6.81. The topological polar surface area (TPSA) is 46.2 Å². The van der Waals surface area contributed by atoms with E-state index in [1.165, 1.54) is 62.5 Å². The van der Waals surface area contributed by atoms with E-state index in [-0.39, 0.29) is 37.2 Å². The Kier molecular flexibility index (Phi) is 20.4. The van der Waals surface area contributed by atoms with E-state index in [9.17, 15) is 0 Å². The van der Waals surface area contributed by atoms with E-state index in [4.69, 9.17) is 20.8 Å². The Labute approximate surface area is 261 Å². The van der Waals surface area contributed by atoms with Gasteiger partial charge in [0.2, 0.25) is 0 Å². The van der Waals surface area contributed by atoms with Crippen molar-refractivity contribution in [1.29, 1.82) is 0 Å². The van der Waals surface area contributed by atoms with Gasteiger partial charge in [-0.25, -0.2) is 0 Å². The molecule has 7 heteroatoms. The summed E-state index contributed by atoms with van der Waals surface area (Å²) in [6.45, 7) is 7.24. The molecular formula is C33H51AlLiO5. The van der Waals surface area contributed by atoms with Crippen LogP contribution in [0.2, 0.25) is 0 Å². The van der Waals surface area contributed by atoms with E-state index in [0.29, 0.717) is 6.61 Å². The monoisotopic (exact) mass is 561 g/mol. The molecule has 5 nitrogen and oxygen atoms in total. The number of hydrogen-bond acceptors (Lipinski definition) is 5. The fourth-order valence-electron chi connectivity index (χ4n) is 4.98. The average Bonchev–Trinajstić information content (AvgIpc) is 3.32. The standard InChI is InChI=1S/C30H44O4.C3H7O.Al.Li/c31-29(21-13-3-1-2-5-15-23-33-25-27-17-9-7-10-18-27)30(32)22-14-4-6-16-24-34-26-28-19-11-8-12-20-28;1-3(2)4;;/h7-12,17-20,29-30H,1-6,13-16,21-26H2;3H,1-2H3;;/q-2;-1;+2;+1/t29-,30+;;;/m0.../s1. The van der Waals surface area contributed by atoms with Crippen LogP contribution in [0.5, 0.6) is 0 Å². The third kappa shape index (κ3) is 16.1. The van der Waals surface area contributed by atoms with Crippen LogP contribution in [0.25, 0.3) is 0 Å². The Morgan fingerprint density at radius 2 is 1.00 bits per heavy atom. The Morgan fingerprint density at radius 3 is 1.43 bits per heavy atom. The third-order valence-corrected chi connectivity index (χ3v) is 9.06. The zero-order valence-electron chi connectivity index (χ0n) is 25.4. The molecule has 1 fully saturated rings. The van der Waals surface area contributed by atoms with Crippen molar-refractivity contribution in [2.45, 2.75) is 122 Å². The van der Waals surface area contributed by atoms with Crippen molar-refractivity contribution in [1.82, 2.24) is 0 Å². The van der Waals surface area contributed by atoms with Gasteiger partial charge in [0.1, 0.15) is 0 Å². The molecule has 2 aromatic carbocycles. The van der Waals surface area contributed by atoms with Crippen LogP contribution < -0.4 is 18.9 Å². The molecule has 1 saturated heterocycles. The first-order chi connectivity index (χ1) is 19.2. The number of unbranched alkanes of at least 4 members (excludes halogenated alkanes) is 8. The van der Waals surface area contributed by atoms with E-state index >= 15 is 0 Å². The summed E-state index contributed by atoms with van der Waals surface area (Å²) < 4.78 is 30.2. The molecule has 3 rings (SSSR count). The first-order valence-corrected chi connectivity index (χ1v) is 16.8. The molecule has 0 unspecified atom stereocenters. The number of ether oxygens (including phenoxy) is 2. The molecule has 0 amide bonds. The Bertz CT molecular complexity index is 841. The van der Waals surface area contributed by atoms with E-state index < -0.39 is 15.1 Å². The van der Waals surface area contributed by atoms with Crippen LogP contribution in [0.4, 0.5) is 0 Å². The van der Waals surface area contributed by atoms with E-state index in [1.807, 2.05) is 12.1 Å². The van der Waals surface area contributed by atoms with Gasteiger partial charge in [-0.15, -0.1) is 0 Å². The molecular weight excluding hydrogens is 510 g/mol. The first kappa shape index (κ1) is 35.6. The van der Waals surface area contributed by atoms with Gasteiger partial charge in [-0.05, 0) is 56.8 Å². The van der Waals surface area contributed by atoms with Gasteiger partial charge in [0, 0.05) is 25.4 Å². The van der Waals surface area contributed by atoms with Crippen LogP contribution in [-0.4, -0.2) is 46.7 Å². The summed E-state index contributed by atoms with van der Waals surface area (Å²) >= 11 is -2.00. The van der Waals surface area contributed by atoms with Gasteiger partial charge in [0.25, 0.3) is 0 Å². The van der Waals surface area contributed by atoms with Crippen LogP contribution in [0.1, 0.15) is 102 Å². The Morgan fingerprint density at radius 1 is 0.600 bits per heavy atom. The summed E-state index contributed by atoms with van der Waals surface area (Å²) in [4.78, 5) is 0. The largest absolute Gasteiger partial charge is 1.00 e. The maximum absolute atomic E-state index is 6.30. The van der Waals surface area contributed by atoms with E-state index in [0.717, 1.165) is 45.5 Å². The molecule has 217 valence electrons. The van der Waals surface area contributed by atoms with E-state index in [1.54, 1.807) is 0 Å². The smallest absolute Gasteiger partial charge is 0.632 e. The van der Waals surface area contributed by atoms with Gasteiger partial charge >= 0.3 is 34.0 Å². The Hall–Kier alpha value is -0.630. The van der Waals surface area contributed by atoms with Crippen molar-refractivity contribution in [2.24, 2.45) is 0 Å². The maximum atomic E-state index is 6.30. The summed E-state index contributed by atoms with van der Waals surface area (Å²) in [6.07, 6.45) is 14.9. The normalized spacial score (nSPS) is 17.4. The van der Waals surface area contributed by atoms with Crippen molar-refractivity contribution in [2.75, 3.05) is 13.2 Å². The fraction of sp³-hybridized carbons (Fsp3) is 0.636. The van der Waals surface area contributed by atoms with Crippen LogP contribution in [-0.2, 0) is 34.1 Å². The van der Waals surface area contributed by atoms with Crippen LogP contribution in [0, 0.1) is 0 Å². The second kappa shape index (κ2) is 22.9. The molecule has 1 radical (unpaired) electrons. The number of hydrogen-bond donors (Lipinski definition) is 0. The minimum Gasteiger partial charge on any atom is -0.632 e. The van der Waals surface area contributed by atoms with Crippen molar-refractivity contribution in [3.05, 3.63) is 71.8 Å². The van der Waals surface area contributed by atoms with Gasteiger partial charge in [-0.3, -0.25) is 0 Å². The molecule has 0 aliphatic carbocycles. The summed E-state index contributed by atoms with van der Waals surface area (Å²) in [5.41, 5.74) is 2.50. The Balaban J connectivity index is 0.00000560. The average molecular weight is 562 g/mol. The van der Waals surface area contributed by atoms with Gasteiger partial charge in [0.05, 0.1) is 13.2 Å². The zero-order valence-corrected chi connectivity index (χ0v) is 26.6. The van der Waals surface area contributed by atoms with Gasteiger partial charge in [-0.1, -0.05) is 112 Å². The van der Waals surface area contributed by atoms with Crippen LogP contribution >= 0.6 is 0 Å². The predicted molar refractivity (Wildman–Crippen MR) is 159 cm³/mol. The van der Waals surface area contributed by atoms with Crippen molar-refractivity contribution < 1.29 is 39.7 Å². The van der Waals surface area contributed by atoms with Crippen molar-refractivity contribution >= 4 is 15.1 Å². The second-order valence-corrected chi connectivity index (χ2v) is 12.4. The summed E-state index contributed by atoms with van der Waals surface area (Å²) in [5.74, 6) is 0. The molecule has 0 bridgehead atoms. The van der Waals surface area contributed by atoms with Gasteiger partial charge in [0.15, 0.2) is 0 Å². The minimum absolute atomic E-state index is 0. The first-order valence-electron chi connectivity index (χ1n) is 15.4. The van der Waals surface area contributed by atoms with Gasteiger partial charge in [-0.2, -0.15) is 0 Å². The molecule has 1 aliphatic rings. The van der Waals surface area contributed by atoms with Crippen LogP contribution in [0.3, 0.4) is 0 Å². The minimum atomic E-state index is -2.00. The van der Waals surface area contributed by atoms with Gasteiger partial charge < -0.3 is 20.8 Å². The molecule has 0 N–H and O–H groups in total. The molecule has 2 aromatic rings.